The van der Waals surface area contributed by atoms with Crippen molar-refractivity contribution < 1.29 is 14.5 Å². The number of imidazole rings is 1. The summed E-state index contributed by atoms with van der Waals surface area (Å²) < 4.78 is 2.63. The third-order valence-electron chi connectivity index (χ3n) is 3.37. The van der Waals surface area contributed by atoms with E-state index in [0.717, 1.165) is 4.57 Å². The van der Waals surface area contributed by atoms with Crippen LogP contribution in [0.5, 0.6) is 0 Å². The molecule has 0 aliphatic rings. The minimum Gasteiger partial charge on any atom is -0.390 e. The lowest BCUT2D eigenvalue weighted by Gasteiger charge is -2.04. The molecule has 0 fully saturated rings. The predicted molar refractivity (Wildman–Crippen MR) is 91.8 cm³/mol. The number of hydrogen-bond acceptors (Lipinski definition) is 6. The summed E-state index contributed by atoms with van der Waals surface area (Å²) in [6.45, 7) is -0.0588. The molecular formula is C14H18N8O4. The van der Waals surface area contributed by atoms with Crippen molar-refractivity contribution in [3.63, 3.8) is 0 Å². The lowest BCUT2D eigenvalue weighted by Crippen LogP contribution is -2.28. The number of nitro groups is 1. The standard InChI is InChI=1S/C14H18N8O4/c1-20-7-9(6-10(20)13(24)17-3-2-11(15)16)19-12(23)8-21-5-4-18-14(21)22(25)26/h4-7H,2-3,8H2,1H3,(H3,15,16)(H,17,24)(H,19,23). The van der Waals surface area contributed by atoms with Gasteiger partial charge in [-0.1, -0.05) is 4.98 Å². The van der Waals surface area contributed by atoms with Crippen LogP contribution in [-0.2, 0) is 18.4 Å². The molecule has 2 rings (SSSR count). The number of amidine groups is 1. The summed E-state index contributed by atoms with van der Waals surface area (Å²) >= 11 is 0. The molecule has 2 amide bonds. The first-order valence-corrected chi connectivity index (χ1v) is 7.50. The Bertz CT molecular complexity index is 853. The number of hydrogen-bond donors (Lipinski definition) is 4. The van der Waals surface area contributed by atoms with Crippen LogP contribution in [0.25, 0.3) is 0 Å². The van der Waals surface area contributed by atoms with Gasteiger partial charge in [0.15, 0.2) is 6.54 Å². The largest absolute Gasteiger partial charge is 0.435 e. The molecule has 0 aliphatic carbocycles. The summed E-state index contributed by atoms with van der Waals surface area (Å²) in [6.07, 6.45) is 4.34. The average Bonchev–Trinajstić information content (AvgIpc) is 3.13. The van der Waals surface area contributed by atoms with Crippen LogP contribution in [0.15, 0.2) is 24.7 Å². The van der Waals surface area contributed by atoms with Crippen LogP contribution in [0.1, 0.15) is 16.9 Å². The molecule has 2 aromatic heterocycles. The first-order chi connectivity index (χ1) is 12.3. The van der Waals surface area contributed by atoms with E-state index in [1.807, 2.05) is 0 Å². The zero-order chi connectivity index (χ0) is 19.3. The molecular weight excluding hydrogens is 344 g/mol. The monoisotopic (exact) mass is 362 g/mol. The summed E-state index contributed by atoms with van der Waals surface area (Å²) in [4.78, 5) is 37.8. The minimum absolute atomic E-state index is 0.0290. The Kier molecular flexibility index (Phi) is 5.67. The Morgan fingerprint density at radius 3 is 2.85 bits per heavy atom. The van der Waals surface area contributed by atoms with Gasteiger partial charge in [0.2, 0.25) is 0 Å². The van der Waals surface area contributed by atoms with Crippen LogP contribution >= 0.6 is 0 Å². The molecule has 2 heterocycles. The number of carbonyl (C=O) groups is 2. The Morgan fingerprint density at radius 1 is 1.46 bits per heavy atom. The predicted octanol–water partition coefficient (Wildman–Crippen LogP) is -0.176. The van der Waals surface area contributed by atoms with Crippen molar-refractivity contribution in [2.45, 2.75) is 13.0 Å². The first-order valence-electron chi connectivity index (χ1n) is 7.50. The topological polar surface area (TPSA) is 174 Å². The zero-order valence-electron chi connectivity index (χ0n) is 13.9. The van der Waals surface area contributed by atoms with Crippen LogP contribution in [0.3, 0.4) is 0 Å². The first kappa shape index (κ1) is 18.6. The lowest BCUT2D eigenvalue weighted by atomic mass is 10.3. The molecule has 26 heavy (non-hydrogen) atoms. The fraction of sp³-hybridized carbons (Fsp3) is 0.286. The van der Waals surface area contributed by atoms with E-state index in [0.29, 0.717) is 11.4 Å². The highest BCUT2D eigenvalue weighted by Gasteiger charge is 2.18. The maximum atomic E-state index is 12.1. The molecule has 0 radical (unpaired) electrons. The molecule has 12 heteroatoms. The highest BCUT2D eigenvalue weighted by atomic mass is 16.6. The van der Waals surface area contributed by atoms with Gasteiger partial charge in [0.1, 0.15) is 18.1 Å². The summed E-state index contributed by atoms with van der Waals surface area (Å²) in [5.74, 6) is -1.34. The Hall–Kier alpha value is -3.70. The van der Waals surface area contributed by atoms with Crippen LogP contribution in [0, 0.1) is 15.5 Å². The molecule has 138 valence electrons. The zero-order valence-corrected chi connectivity index (χ0v) is 13.9. The van der Waals surface area contributed by atoms with Gasteiger partial charge in [-0.2, -0.15) is 0 Å². The number of anilines is 1. The van der Waals surface area contributed by atoms with Gasteiger partial charge in [0.25, 0.3) is 11.8 Å². The smallest absolute Gasteiger partial charge is 0.390 e. The van der Waals surface area contributed by atoms with Gasteiger partial charge in [-0.15, -0.1) is 0 Å². The number of amides is 2. The van der Waals surface area contributed by atoms with Crippen molar-refractivity contribution in [2.24, 2.45) is 12.8 Å². The number of aromatic nitrogens is 3. The molecule has 0 unspecified atom stereocenters. The maximum absolute atomic E-state index is 12.1. The van der Waals surface area contributed by atoms with Crippen LogP contribution in [0.4, 0.5) is 11.6 Å². The van der Waals surface area contributed by atoms with Gasteiger partial charge < -0.3 is 31.0 Å². The molecule has 0 saturated carbocycles. The van der Waals surface area contributed by atoms with Crippen LogP contribution in [0.2, 0.25) is 0 Å². The second kappa shape index (κ2) is 7.92. The lowest BCUT2D eigenvalue weighted by molar-refractivity contribution is -0.396. The van der Waals surface area contributed by atoms with Gasteiger partial charge in [0.05, 0.1) is 11.5 Å². The van der Waals surface area contributed by atoms with E-state index in [1.165, 1.54) is 23.0 Å². The number of carbonyl (C=O) groups excluding carboxylic acids is 2. The third-order valence-corrected chi connectivity index (χ3v) is 3.37. The third kappa shape index (κ3) is 4.66. The molecule has 5 N–H and O–H groups in total. The van der Waals surface area contributed by atoms with Gasteiger partial charge >= 0.3 is 5.95 Å². The normalized spacial score (nSPS) is 10.3. The van der Waals surface area contributed by atoms with Crippen molar-refractivity contribution in [1.29, 1.82) is 5.41 Å². The van der Waals surface area contributed by atoms with Crippen molar-refractivity contribution in [3.8, 4) is 0 Å². The Labute approximate surface area is 147 Å². The molecule has 0 spiro atoms. The van der Waals surface area contributed by atoms with E-state index in [9.17, 15) is 19.7 Å². The summed E-state index contributed by atoms with van der Waals surface area (Å²) in [6, 6.07) is 1.48. The summed E-state index contributed by atoms with van der Waals surface area (Å²) in [5.41, 5.74) is 5.90. The second-order valence-corrected chi connectivity index (χ2v) is 5.42. The molecule has 0 bridgehead atoms. The van der Waals surface area contributed by atoms with E-state index < -0.39 is 16.8 Å². The van der Waals surface area contributed by atoms with Crippen molar-refractivity contribution >= 4 is 29.3 Å². The molecule has 0 aromatic carbocycles. The molecule has 12 nitrogen and oxygen atoms in total. The fourth-order valence-corrected chi connectivity index (χ4v) is 2.21. The number of rotatable bonds is 8. The number of nitrogens with one attached hydrogen (secondary N) is 3. The maximum Gasteiger partial charge on any atom is 0.435 e. The van der Waals surface area contributed by atoms with E-state index >= 15 is 0 Å². The van der Waals surface area contributed by atoms with E-state index in [1.54, 1.807) is 13.2 Å². The summed E-state index contributed by atoms with van der Waals surface area (Å²) in [7, 11) is 1.64. The van der Waals surface area contributed by atoms with Crippen molar-refractivity contribution in [2.75, 3.05) is 11.9 Å². The van der Waals surface area contributed by atoms with E-state index in [2.05, 4.69) is 15.6 Å². The van der Waals surface area contributed by atoms with Crippen LogP contribution in [-0.4, -0.2) is 43.2 Å². The number of nitrogens with two attached hydrogens (primary N) is 1. The van der Waals surface area contributed by atoms with E-state index in [4.69, 9.17) is 11.1 Å². The minimum atomic E-state index is -0.681. The highest BCUT2D eigenvalue weighted by Crippen LogP contribution is 2.14. The highest BCUT2D eigenvalue weighted by molar-refractivity contribution is 5.96. The number of aryl methyl sites for hydroxylation is 1. The van der Waals surface area contributed by atoms with Crippen molar-refractivity contribution in [3.05, 3.63) is 40.5 Å². The Balaban J connectivity index is 1.98. The quantitative estimate of drug-likeness (QED) is 0.219. The molecule has 0 saturated heterocycles. The van der Waals surface area contributed by atoms with Gasteiger partial charge in [-0.25, -0.2) is 4.57 Å². The average molecular weight is 362 g/mol. The van der Waals surface area contributed by atoms with E-state index in [-0.39, 0.29) is 31.3 Å². The van der Waals surface area contributed by atoms with Gasteiger partial charge in [-0.05, 0) is 11.0 Å². The van der Waals surface area contributed by atoms with Crippen LogP contribution < -0.4 is 16.4 Å². The van der Waals surface area contributed by atoms with Crippen molar-refractivity contribution in [1.82, 2.24) is 19.4 Å². The number of nitrogens with zero attached hydrogens (tertiary/aromatic N) is 4. The summed E-state index contributed by atoms with van der Waals surface area (Å²) in [5, 5.41) is 23.1. The second-order valence-electron chi connectivity index (χ2n) is 5.42. The Morgan fingerprint density at radius 2 is 2.19 bits per heavy atom. The fourth-order valence-electron chi connectivity index (χ4n) is 2.21. The van der Waals surface area contributed by atoms with Gasteiger partial charge in [0, 0.05) is 26.2 Å². The molecule has 2 aromatic rings. The SMILES string of the molecule is Cn1cc(NC(=O)Cn2ccnc2[N+](=O)[O-])cc1C(=O)NCCC(=N)N. The molecule has 0 atom stereocenters. The molecule has 0 aliphatic heterocycles. The van der Waals surface area contributed by atoms with Gasteiger partial charge in [-0.3, -0.25) is 15.0 Å².